The van der Waals surface area contributed by atoms with Crippen molar-refractivity contribution in [3.63, 3.8) is 0 Å². The van der Waals surface area contributed by atoms with E-state index >= 15 is 0 Å². The number of thioether (sulfide) groups is 1. The molecule has 0 atom stereocenters. The number of carbonyl (C=O) groups excluding carboxylic acids is 2. The molecule has 9 heteroatoms. The zero-order valence-electron chi connectivity index (χ0n) is 18.6. The van der Waals surface area contributed by atoms with Crippen molar-refractivity contribution in [1.82, 2.24) is 0 Å². The van der Waals surface area contributed by atoms with Gasteiger partial charge in [0.2, 0.25) is 0 Å². The number of carbonyl (C=O) groups is 3. The number of carboxylic acids is 1. The fourth-order valence-corrected chi connectivity index (χ4v) is 4.61. The summed E-state index contributed by atoms with van der Waals surface area (Å²) in [6.07, 6.45) is 1.77. The molecule has 0 spiro atoms. The van der Waals surface area contributed by atoms with Gasteiger partial charge in [-0.25, -0.2) is 4.79 Å². The Hall–Kier alpha value is -3.95. The van der Waals surface area contributed by atoms with E-state index in [2.05, 4.69) is 5.32 Å². The Bertz CT molecular complexity index is 1330. The molecule has 4 rings (SSSR count). The second kappa shape index (κ2) is 10.5. The number of nitrogens with one attached hydrogen (secondary N) is 1. The summed E-state index contributed by atoms with van der Waals surface area (Å²) in [6, 6.07) is 20.5. The van der Waals surface area contributed by atoms with Crippen LogP contribution in [0.1, 0.15) is 21.5 Å². The van der Waals surface area contributed by atoms with Crippen LogP contribution in [0.2, 0.25) is 0 Å². The molecule has 1 aliphatic heterocycles. The molecule has 3 aromatic rings. The number of thiocarbonyl (C=S) groups is 1. The second-order valence-corrected chi connectivity index (χ2v) is 9.32. The predicted molar refractivity (Wildman–Crippen MR) is 141 cm³/mol. The van der Waals surface area contributed by atoms with Crippen molar-refractivity contribution in [3.8, 4) is 5.75 Å². The van der Waals surface area contributed by atoms with Crippen molar-refractivity contribution >= 4 is 63.5 Å². The zero-order chi connectivity index (χ0) is 24.9. The van der Waals surface area contributed by atoms with Gasteiger partial charge in [0.15, 0.2) is 10.9 Å². The van der Waals surface area contributed by atoms with Crippen molar-refractivity contribution in [1.29, 1.82) is 0 Å². The van der Waals surface area contributed by atoms with Gasteiger partial charge >= 0.3 is 5.97 Å². The van der Waals surface area contributed by atoms with Crippen LogP contribution < -0.4 is 15.0 Å². The molecular formula is C26H20N2O5S2. The molecule has 0 aliphatic carbocycles. The lowest BCUT2D eigenvalue weighted by Gasteiger charge is -2.14. The Balaban J connectivity index is 1.35. The van der Waals surface area contributed by atoms with E-state index in [4.69, 9.17) is 22.1 Å². The van der Waals surface area contributed by atoms with Gasteiger partial charge in [0.1, 0.15) is 5.75 Å². The number of benzene rings is 3. The number of amides is 2. The predicted octanol–water partition coefficient (Wildman–Crippen LogP) is 5.12. The summed E-state index contributed by atoms with van der Waals surface area (Å²) in [4.78, 5) is 38.0. The van der Waals surface area contributed by atoms with E-state index < -0.39 is 5.97 Å². The molecule has 1 saturated heterocycles. The highest BCUT2D eigenvalue weighted by atomic mass is 32.2. The van der Waals surface area contributed by atoms with Gasteiger partial charge in [0.05, 0.1) is 16.2 Å². The van der Waals surface area contributed by atoms with Gasteiger partial charge in [-0.1, -0.05) is 48.2 Å². The van der Waals surface area contributed by atoms with Crippen LogP contribution >= 0.6 is 24.0 Å². The van der Waals surface area contributed by atoms with Crippen LogP contribution in [0.4, 0.5) is 11.4 Å². The maximum absolute atomic E-state index is 12.9. The van der Waals surface area contributed by atoms with Gasteiger partial charge in [0.25, 0.3) is 11.8 Å². The van der Waals surface area contributed by atoms with Gasteiger partial charge in [0, 0.05) is 5.69 Å². The Morgan fingerprint density at radius 2 is 1.80 bits per heavy atom. The summed E-state index contributed by atoms with van der Waals surface area (Å²) in [5.74, 6) is -1.09. The van der Waals surface area contributed by atoms with Gasteiger partial charge in [-0.05, 0) is 72.7 Å². The molecule has 176 valence electrons. The lowest BCUT2D eigenvalue weighted by atomic mass is 10.2. The van der Waals surface area contributed by atoms with E-state index in [-0.39, 0.29) is 24.0 Å². The summed E-state index contributed by atoms with van der Waals surface area (Å²) in [6.45, 7) is 1.75. The van der Waals surface area contributed by atoms with Gasteiger partial charge in [-0.3, -0.25) is 14.5 Å². The van der Waals surface area contributed by atoms with Gasteiger partial charge in [-0.2, -0.15) is 0 Å². The van der Waals surface area contributed by atoms with Crippen molar-refractivity contribution in [2.45, 2.75) is 6.92 Å². The molecule has 0 radical (unpaired) electrons. The minimum absolute atomic E-state index is 0.136. The van der Waals surface area contributed by atoms with Crippen molar-refractivity contribution < 1.29 is 24.2 Å². The number of ether oxygens (including phenoxy) is 1. The number of rotatable bonds is 7. The molecule has 2 N–H and O–H groups in total. The fourth-order valence-electron chi connectivity index (χ4n) is 3.31. The first-order valence-corrected chi connectivity index (χ1v) is 11.7. The van der Waals surface area contributed by atoms with E-state index in [1.54, 1.807) is 30.3 Å². The van der Waals surface area contributed by atoms with Crippen LogP contribution in [0.25, 0.3) is 6.08 Å². The summed E-state index contributed by atoms with van der Waals surface area (Å²) >= 11 is 6.67. The molecule has 0 aromatic heterocycles. The van der Waals surface area contributed by atoms with Crippen LogP contribution in [0.5, 0.6) is 5.75 Å². The number of aryl methyl sites for hydroxylation is 1. The third kappa shape index (κ3) is 5.95. The molecule has 1 aliphatic rings. The highest BCUT2D eigenvalue weighted by Gasteiger charge is 2.33. The first-order chi connectivity index (χ1) is 16.8. The van der Waals surface area contributed by atoms with Crippen molar-refractivity contribution in [2.24, 2.45) is 0 Å². The minimum Gasteiger partial charge on any atom is -0.484 e. The largest absolute Gasteiger partial charge is 0.484 e. The Morgan fingerprint density at radius 3 is 2.46 bits per heavy atom. The third-order valence-corrected chi connectivity index (χ3v) is 6.32. The summed E-state index contributed by atoms with van der Waals surface area (Å²) in [5, 5.41) is 11.6. The Labute approximate surface area is 211 Å². The van der Waals surface area contributed by atoms with Crippen LogP contribution in [0.15, 0.2) is 77.7 Å². The van der Waals surface area contributed by atoms with E-state index in [9.17, 15) is 14.4 Å². The SMILES string of the molecule is Cc1cccc(N2C(=O)/C(=C/c3ccc(OCC(=O)Nc4ccc(C(=O)O)cc4)cc3)SC2=S)c1. The monoisotopic (exact) mass is 504 g/mol. The molecule has 0 unspecified atom stereocenters. The van der Waals surface area contributed by atoms with Crippen molar-refractivity contribution in [2.75, 3.05) is 16.8 Å². The van der Waals surface area contributed by atoms with E-state index in [1.807, 2.05) is 31.2 Å². The van der Waals surface area contributed by atoms with E-state index in [1.165, 1.54) is 40.9 Å². The average molecular weight is 505 g/mol. The molecule has 0 bridgehead atoms. The average Bonchev–Trinajstić information content (AvgIpc) is 3.11. The highest BCUT2D eigenvalue weighted by Crippen LogP contribution is 2.36. The minimum atomic E-state index is -1.03. The van der Waals surface area contributed by atoms with Gasteiger partial charge < -0.3 is 15.2 Å². The van der Waals surface area contributed by atoms with Crippen LogP contribution in [0, 0.1) is 6.92 Å². The quantitative estimate of drug-likeness (QED) is 0.341. The zero-order valence-corrected chi connectivity index (χ0v) is 20.2. The second-order valence-electron chi connectivity index (χ2n) is 7.64. The standard InChI is InChI=1S/C26H20N2O5S2/c1-16-3-2-4-20(13-16)28-24(30)22(35-26(28)34)14-17-5-11-21(12-6-17)33-15-23(29)27-19-9-7-18(8-10-19)25(31)32/h2-14H,15H2,1H3,(H,27,29)(H,31,32)/b22-14-. The number of carboxylic acid groups (broad SMARTS) is 1. The molecule has 1 fully saturated rings. The number of hydrogen-bond acceptors (Lipinski definition) is 6. The topological polar surface area (TPSA) is 95.9 Å². The lowest BCUT2D eigenvalue weighted by molar-refractivity contribution is -0.118. The number of hydrogen-bond donors (Lipinski definition) is 2. The van der Waals surface area contributed by atoms with Crippen molar-refractivity contribution in [3.05, 3.63) is 94.4 Å². The molecule has 0 saturated carbocycles. The lowest BCUT2D eigenvalue weighted by Crippen LogP contribution is -2.27. The smallest absolute Gasteiger partial charge is 0.335 e. The van der Waals surface area contributed by atoms with E-state index in [0.717, 1.165) is 16.8 Å². The molecule has 3 aromatic carbocycles. The maximum Gasteiger partial charge on any atom is 0.335 e. The summed E-state index contributed by atoms with van der Waals surface area (Å²) in [5.41, 5.74) is 3.19. The Kier molecular flexibility index (Phi) is 7.28. The maximum atomic E-state index is 12.9. The number of anilines is 2. The molecule has 2 amide bonds. The normalized spacial score (nSPS) is 14.3. The fraction of sp³-hybridized carbons (Fsp3) is 0.0769. The number of aromatic carboxylic acids is 1. The van der Waals surface area contributed by atoms with Crippen LogP contribution in [-0.4, -0.2) is 33.8 Å². The highest BCUT2D eigenvalue weighted by molar-refractivity contribution is 8.27. The summed E-state index contributed by atoms with van der Waals surface area (Å²) < 4.78 is 6.01. The molecule has 7 nitrogen and oxygen atoms in total. The molecular weight excluding hydrogens is 484 g/mol. The van der Waals surface area contributed by atoms with Crippen LogP contribution in [0.3, 0.4) is 0 Å². The number of nitrogens with zero attached hydrogens (tertiary/aromatic N) is 1. The first-order valence-electron chi connectivity index (χ1n) is 10.5. The summed E-state index contributed by atoms with van der Waals surface area (Å²) in [7, 11) is 0. The van der Waals surface area contributed by atoms with Crippen LogP contribution in [-0.2, 0) is 9.59 Å². The van der Waals surface area contributed by atoms with Gasteiger partial charge in [-0.15, -0.1) is 0 Å². The molecule has 35 heavy (non-hydrogen) atoms. The van der Waals surface area contributed by atoms with E-state index in [0.29, 0.717) is 20.7 Å². The Morgan fingerprint density at radius 1 is 1.09 bits per heavy atom. The molecule has 1 heterocycles. The third-order valence-electron chi connectivity index (χ3n) is 5.02. The first kappa shape index (κ1) is 24.2.